The molecule has 0 spiro atoms. The molecule has 2 rings (SSSR count). The molecule has 3 N–H and O–H groups in total. The van der Waals surface area contributed by atoms with Crippen molar-refractivity contribution in [2.75, 3.05) is 6.54 Å². The number of aryl methyl sites for hydroxylation is 1. The predicted octanol–water partition coefficient (Wildman–Crippen LogP) is 3.09. The second kappa shape index (κ2) is 6.75. The Hall–Kier alpha value is -2.13. The molecule has 0 aliphatic heterocycles. The molecular weight excluding hydrogens is 272 g/mol. The molecule has 0 saturated heterocycles. The average Bonchev–Trinajstić information content (AvgIpc) is 2.53. The summed E-state index contributed by atoms with van der Waals surface area (Å²) in [6, 6.07) is 17.1. The van der Waals surface area contributed by atoms with Crippen molar-refractivity contribution in [3.8, 4) is 0 Å². The van der Waals surface area contributed by atoms with Crippen molar-refractivity contribution in [2.45, 2.75) is 32.2 Å². The number of carbonyl (C=O) groups is 1. The number of hydrogen-bond donors (Lipinski definition) is 2. The predicted molar refractivity (Wildman–Crippen MR) is 90.6 cm³/mol. The molecular formula is C19H24N2O. The summed E-state index contributed by atoms with van der Waals surface area (Å²) in [5, 5.41) is 2.98. The lowest BCUT2D eigenvalue weighted by atomic mass is 9.82. The molecule has 1 atom stereocenters. The van der Waals surface area contributed by atoms with Crippen LogP contribution in [0.5, 0.6) is 0 Å². The second-order valence-corrected chi connectivity index (χ2v) is 6.30. The molecule has 1 unspecified atom stereocenters. The molecule has 1 amide bonds. The first kappa shape index (κ1) is 16.2. The molecule has 0 aromatic heterocycles. The van der Waals surface area contributed by atoms with Gasteiger partial charge in [-0.15, -0.1) is 0 Å². The van der Waals surface area contributed by atoms with Crippen LogP contribution in [0.15, 0.2) is 54.6 Å². The summed E-state index contributed by atoms with van der Waals surface area (Å²) in [6.45, 7) is 6.90. The van der Waals surface area contributed by atoms with E-state index in [9.17, 15) is 4.79 Å². The van der Waals surface area contributed by atoms with E-state index in [0.717, 1.165) is 5.56 Å². The summed E-state index contributed by atoms with van der Waals surface area (Å²) in [4.78, 5) is 12.3. The Morgan fingerprint density at radius 3 is 2.32 bits per heavy atom. The summed E-state index contributed by atoms with van der Waals surface area (Å²) in [7, 11) is 0. The maximum Gasteiger partial charge on any atom is 0.241 e. The van der Waals surface area contributed by atoms with E-state index < -0.39 is 6.04 Å². The molecule has 0 saturated carbocycles. The Bertz CT molecular complexity index is 635. The second-order valence-electron chi connectivity index (χ2n) is 6.30. The molecule has 0 aliphatic carbocycles. The number of carbonyl (C=O) groups excluding carboxylic acids is 1. The fourth-order valence-corrected chi connectivity index (χ4v) is 2.66. The number of hydrogen-bond acceptors (Lipinski definition) is 2. The van der Waals surface area contributed by atoms with Gasteiger partial charge in [0.25, 0.3) is 0 Å². The van der Waals surface area contributed by atoms with Gasteiger partial charge in [-0.2, -0.15) is 0 Å². The van der Waals surface area contributed by atoms with Crippen LogP contribution in [-0.2, 0) is 10.2 Å². The molecule has 116 valence electrons. The Kier molecular flexibility index (Phi) is 4.99. The highest BCUT2D eigenvalue weighted by atomic mass is 16.2. The van der Waals surface area contributed by atoms with Crippen molar-refractivity contribution in [3.63, 3.8) is 0 Å². The summed E-state index contributed by atoms with van der Waals surface area (Å²) in [5.41, 5.74) is 9.18. The zero-order valence-electron chi connectivity index (χ0n) is 13.5. The Balaban J connectivity index is 2.03. The fraction of sp³-hybridized carbons (Fsp3) is 0.316. The number of benzene rings is 2. The van der Waals surface area contributed by atoms with Crippen molar-refractivity contribution in [1.29, 1.82) is 0 Å². The van der Waals surface area contributed by atoms with Gasteiger partial charge in [0, 0.05) is 12.0 Å². The Morgan fingerprint density at radius 2 is 1.68 bits per heavy atom. The van der Waals surface area contributed by atoms with Crippen molar-refractivity contribution in [2.24, 2.45) is 5.73 Å². The van der Waals surface area contributed by atoms with E-state index in [2.05, 4.69) is 38.2 Å². The molecule has 3 heteroatoms. The van der Waals surface area contributed by atoms with E-state index >= 15 is 0 Å². The summed E-state index contributed by atoms with van der Waals surface area (Å²) in [5.74, 6) is -0.146. The first-order valence-corrected chi connectivity index (χ1v) is 7.56. The Morgan fingerprint density at radius 1 is 1.09 bits per heavy atom. The number of nitrogens with two attached hydrogens (primary N) is 1. The van der Waals surface area contributed by atoms with Gasteiger partial charge in [-0.25, -0.2) is 0 Å². The zero-order valence-corrected chi connectivity index (χ0v) is 13.5. The minimum Gasteiger partial charge on any atom is -0.354 e. The molecule has 0 bridgehead atoms. The van der Waals surface area contributed by atoms with Crippen LogP contribution in [0, 0.1) is 6.92 Å². The molecule has 2 aromatic carbocycles. The van der Waals surface area contributed by atoms with Crippen molar-refractivity contribution in [3.05, 3.63) is 71.3 Å². The van der Waals surface area contributed by atoms with Gasteiger partial charge >= 0.3 is 0 Å². The Labute approximate surface area is 132 Å². The normalized spacial score (nSPS) is 12.7. The minimum atomic E-state index is -0.631. The van der Waals surface area contributed by atoms with E-state index in [-0.39, 0.29) is 11.3 Å². The van der Waals surface area contributed by atoms with Gasteiger partial charge < -0.3 is 11.1 Å². The lowest BCUT2D eigenvalue weighted by Gasteiger charge is -2.28. The molecule has 3 nitrogen and oxygen atoms in total. The van der Waals surface area contributed by atoms with Gasteiger partial charge in [0.15, 0.2) is 0 Å². The quantitative estimate of drug-likeness (QED) is 0.891. The summed E-state index contributed by atoms with van der Waals surface area (Å²) in [6.07, 6.45) is 0. The fourth-order valence-electron chi connectivity index (χ4n) is 2.66. The van der Waals surface area contributed by atoms with E-state index in [4.69, 9.17) is 5.73 Å². The minimum absolute atomic E-state index is 0.141. The third-order valence-electron chi connectivity index (χ3n) is 4.02. The third-order valence-corrected chi connectivity index (χ3v) is 4.02. The number of rotatable bonds is 5. The SMILES string of the molecule is Cc1ccccc1C(C)(C)CNC(=O)C(N)c1ccccc1. The van der Waals surface area contributed by atoms with Gasteiger partial charge in [0.1, 0.15) is 6.04 Å². The van der Waals surface area contributed by atoms with Crippen LogP contribution in [0.3, 0.4) is 0 Å². The third kappa shape index (κ3) is 3.74. The summed E-state index contributed by atoms with van der Waals surface area (Å²) >= 11 is 0. The summed E-state index contributed by atoms with van der Waals surface area (Å²) < 4.78 is 0. The molecule has 0 radical (unpaired) electrons. The van der Waals surface area contributed by atoms with Crippen LogP contribution >= 0.6 is 0 Å². The van der Waals surface area contributed by atoms with Crippen molar-refractivity contribution in [1.82, 2.24) is 5.32 Å². The molecule has 0 aliphatic rings. The van der Waals surface area contributed by atoms with Crippen LogP contribution < -0.4 is 11.1 Å². The maximum absolute atomic E-state index is 12.3. The van der Waals surface area contributed by atoms with Gasteiger partial charge in [-0.05, 0) is 23.6 Å². The van der Waals surface area contributed by atoms with Crippen LogP contribution in [0.2, 0.25) is 0 Å². The number of amides is 1. The van der Waals surface area contributed by atoms with E-state index in [1.807, 2.05) is 42.5 Å². The molecule has 0 heterocycles. The van der Waals surface area contributed by atoms with E-state index in [1.165, 1.54) is 11.1 Å². The molecule has 0 fully saturated rings. The highest BCUT2D eigenvalue weighted by Crippen LogP contribution is 2.25. The van der Waals surface area contributed by atoms with Crippen molar-refractivity contribution < 1.29 is 4.79 Å². The van der Waals surface area contributed by atoms with Gasteiger partial charge in [0.05, 0.1) is 0 Å². The van der Waals surface area contributed by atoms with Crippen LogP contribution in [0.25, 0.3) is 0 Å². The monoisotopic (exact) mass is 296 g/mol. The lowest BCUT2D eigenvalue weighted by Crippen LogP contribution is -2.41. The molecule has 2 aromatic rings. The highest BCUT2D eigenvalue weighted by Gasteiger charge is 2.24. The first-order valence-electron chi connectivity index (χ1n) is 7.56. The van der Waals surface area contributed by atoms with E-state index in [0.29, 0.717) is 6.54 Å². The van der Waals surface area contributed by atoms with Crippen LogP contribution in [0.4, 0.5) is 0 Å². The van der Waals surface area contributed by atoms with Gasteiger partial charge in [0.2, 0.25) is 5.91 Å². The lowest BCUT2D eigenvalue weighted by molar-refractivity contribution is -0.122. The smallest absolute Gasteiger partial charge is 0.241 e. The maximum atomic E-state index is 12.3. The van der Waals surface area contributed by atoms with Crippen LogP contribution in [0.1, 0.15) is 36.6 Å². The highest BCUT2D eigenvalue weighted by molar-refractivity contribution is 5.83. The van der Waals surface area contributed by atoms with Gasteiger partial charge in [-0.3, -0.25) is 4.79 Å². The largest absolute Gasteiger partial charge is 0.354 e. The van der Waals surface area contributed by atoms with Crippen LogP contribution in [-0.4, -0.2) is 12.5 Å². The average molecular weight is 296 g/mol. The standard InChI is InChI=1S/C19H24N2O/c1-14-9-7-8-12-16(14)19(2,3)13-21-18(22)17(20)15-10-5-4-6-11-15/h4-12,17H,13,20H2,1-3H3,(H,21,22). The van der Waals surface area contributed by atoms with Gasteiger partial charge in [-0.1, -0.05) is 68.4 Å². The molecule has 22 heavy (non-hydrogen) atoms. The first-order chi connectivity index (χ1) is 10.4. The van der Waals surface area contributed by atoms with Crippen molar-refractivity contribution >= 4 is 5.91 Å². The van der Waals surface area contributed by atoms with E-state index in [1.54, 1.807) is 0 Å². The topological polar surface area (TPSA) is 55.1 Å². The number of nitrogens with one attached hydrogen (secondary N) is 1. The zero-order chi connectivity index (χ0) is 16.2.